The van der Waals surface area contributed by atoms with Crippen molar-refractivity contribution in [3.8, 4) is 11.1 Å². The number of nitrogens with zero attached hydrogens (tertiary/aromatic N) is 4. The standard InChI is InChI=1S/C23H22F2N4O3/c1-14-26-21(32-27-14)20-12-17(28-31-3)13-29(20)22(30)16-10-8-15(9-11-16)18-6-4-5-7-19(18)23(2,24)25/h4-11,20H,12-13H2,1-3H3/b28-17+/t20-/m0/s1. The van der Waals surface area contributed by atoms with Crippen LogP contribution in [0.3, 0.4) is 0 Å². The summed E-state index contributed by atoms with van der Waals surface area (Å²) in [5.41, 5.74) is 2.05. The summed E-state index contributed by atoms with van der Waals surface area (Å²) in [5.74, 6) is -2.44. The maximum Gasteiger partial charge on any atom is 0.271 e. The molecule has 2 aromatic carbocycles. The molecule has 0 N–H and O–H groups in total. The second kappa shape index (κ2) is 8.49. The highest BCUT2D eigenvalue weighted by atomic mass is 19.3. The number of carbonyl (C=O) groups excluding carboxylic acids is 1. The summed E-state index contributed by atoms with van der Waals surface area (Å²) < 4.78 is 33.3. The highest BCUT2D eigenvalue weighted by Gasteiger charge is 2.38. The number of hydrogen-bond donors (Lipinski definition) is 0. The Kier molecular flexibility index (Phi) is 5.73. The van der Waals surface area contributed by atoms with E-state index in [0.29, 0.717) is 40.5 Å². The number of likely N-dealkylation sites (tertiary alicyclic amines) is 1. The van der Waals surface area contributed by atoms with Crippen LogP contribution in [0, 0.1) is 6.92 Å². The Labute approximate surface area is 183 Å². The third-order valence-electron chi connectivity index (χ3n) is 5.31. The fourth-order valence-electron chi connectivity index (χ4n) is 3.86. The zero-order chi connectivity index (χ0) is 22.9. The van der Waals surface area contributed by atoms with Gasteiger partial charge in [-0.25, -0.2) is 8.78 Å². The van der Waals surface area contributed by atoms with E-state index < -0.39 is 12.0 Å². The maximum absolute atomic E-state index is 14.0. The monoisotopic (exact) mass is 440 g/mol. The molecule has 1 atom stereocenters. The summed E-state index contributed by atoms with van der Waals surface area (Å²) in [4.78, 5) is 24.0. The number of carbonyl (C=O) groups is 1. The normalized spacial score (nSPS) is 17.7. The number of aromatic nitrogens is 2. The smallest absolute Gasteiger partial charge is 0.271 e. The van der Waals surface area contributed by atoms with E-state index in [9.17, 15) is 13.6 Å². The number of rotatable bonds is 5. The van der Waals surface area contributed by atoms with E-state index in [0.717, 1.165) is 6.92 Å². The summed E-state index contributed by atoms with van der Waals surface area (Å²) in [6, 6.07) is 12.5. The average molecular weight is 440 g/mol. The van der Waals surface area contributed by atoms with E-state index in [2.05, 4.69) is 15.3 Å². The molecule has 9 heteroatoms. The van der Waals surface area contributed by atoms with Crippen LogP contribution in [0.4, 0.5) is 8.78 Å². The molecular weight excluding hydrogens is 418 g/mol. The lowest BCUT2D eigenvalue weighted by atomic mass is 9.95. The minimum atomic E-state index is -2.98. The Morgan fingerprint density at radius 3 is 2.56 bits per heavy atom. The molecule has 1 aliphatic rings. The second-order valence-corrected chi connectivity index (χ2v) is 7.68. The van der Waals surface area contributed by atoms with Gasteiger partial charge in [0.25, 0.3) is 11.8 Å². The Balaban J connectivity index is 1.63. The third kappa shape index (κ3) is 4.23. The summed E-state index contributed by atoms with van der Waals surface area (Å²) in [7, 11) is 1.44. The van der Waals surface area contributed by atoms with Crippen molar-refractivity contribution in [1.82, 2.24) is 15.0 Å². The molecule has 1 aliphatic heterocycles. The third-order valence-corrected chi connectivity index (χ3v) is 5.31. The molecule has 0 unspecified atom stereocenters. The summed E-state index contributed by atoms with van der Waals surface area (Å²) in [5, 5.41) is 7.80. The van der Waals surface area contributed by atoms with Crippen LogP contribution in [-0.2, 0) is 10.8 Å². The van der Waals surface area contributed by atoms with Crippen molar-refractivity contribution in [2.45, 2.75) is 32.2 Å². The first-order valence-electron chi connectivity index (χ1n) is 10.1. The van der Waals surface area contributed by atoms with Crippen LogP contribution in [0.2, 0.25) is 0 Å². The van der Waals surface area contributed by atoms with Crippen LogP contribution in [0.15, 0.2) is 58.2 Å². The van der Waals surface area contributed by atoms with Gasteiger partial charge in [0.05, 0.1) is 12.3 Å². The number of benzene rings is 2. The van der Waals surface area contributed by atoms with Gasteiger partial charge in [0.15, 0.2) is 5.82 Å². The first-order chi connectivity index (χ1) is 15.3. The van der Waals surface area contributed by atoms with E-state index in [4.69, 9.17) is 9.36 Å². The molecule has 0 aliphatic carbocycles. The number of aryl methyl sites for hydroxylation is 1. The van der Waals surface area contributed by atoms with Gasteiger partial charge in [-0.15, -0.1) is 0 Å². The molecule has 1 aromatic heterocycles. The van der Waals surface area contributed by atoms with Crippen molar-refractivity contribution in [3.63, 3.8) is 0 Å². The minimum absolute atomic E-state index is 0.0640. The van der Waals surface area contributed by atoms with Crippen molar-refractivity contribution >= 4 is 11.6 Å². The molecule has 32 heavy (non-hydrogen) atoms. The van der Waals surface area contributed by atoms with E-state index in [1.54, 1.807) is 54.3 Å². The molecule has 3 aromatic rings. The van der Waals surface area contributed by atoms with Gasteiger partial charge in [-0.05, 0) is 30.2 Å². The van der Waals surface area contributed by atoms with Gasteiger partial charge in [-0.2, -0.15) is 4.98 Å². The highest BCUT2D eigenvalue weighted by molar-refractivity contribution is 6.00. The van der Waals surface area contributed by atoms with E-state index in [1.807, 2.05) is 0 Å². The first-order valence-corrected chi connectivity index (χ1v) is 10.1. The number of hydrogen-bond acceptors (Lipinski definition) is 6. The molecule has 2 heterocycles. The molecule has 0 bridgehead atoms. The maximum atomic E-state index is 14.0. The lowest BCUT2D eigenvalue weighted by molar-refractivity contribution is 0.0181. The topological polar surface area (TPSA) is 80.8 Å². The largest absolute Gasteiger partial charge is 0.399 e. The summed E-state index contributed by atoms with van der Waals surface area (Å²) in [6.07, 6.45) is 0.415. The summed E-state index contributed by atoms with van der Waals surface area (Å²) in [6.45, 7) is 2.83. The number of halogens is 2. The molecule has 7 nitrogen and oxygen atoms in total. The van der Waals surface area contributed by atoms with Gasteiger partial charge >= 0.3 is 0 Å². The van der Waals surface area contributed by atoms with Gasteiger partial charge in [0.1, 0.15) is 13.2 Å². The number of amides is 1. The summed E-state index contributed by atoms with van der Waals surface area (Å²) >= 11 is 0. The molecule has 1 fully saturated rings. The average Bonchev–Trinajstić information content (AvgIpc) is 3.39. The second-order valence-electron chi connectivity index (χ2n) is 7.68. The van der Waals surface area contributed by atoms with Crippen molar-refractivity contribution in [1.29, 1.82) is 0 Å². The van der Waals surface area contributed by atoms with Gasteiger partial charge in [0.2, 0.25) is 5.89 Å². The predicted molar refractivity (Wildman–Crippen MR) is 113 cm³/mol. The SMILES string of the molecule is CO/N=C1\C[C@@H](c2nc(C)no2)N(C(=O)c2ccc(-c3ccccc3C(C)(F)F)cc2)C1. The fourth-order valence-corrected chi connectivity index (χ4v) is 3.86. The van der Waals surface area contributed by atoms with Crippen LogP contribution < -0.4 is 0 Å². The van der Waals surface area contributed by atoms with Gasteiger partial charge in [0, 0.05) is 24.5 Å². The molecule has 0 spiro atoms. The van der Waals surface area contributed by atoms with Crippen LogP contribution in [0.1, 0.15) is 47.0 Å². The Morgan fingerprint density at radius 2 is 1.94 bits per heavy atom. The van der Waals surface area contributed by atoms with Crippen molar-refractivity contribution in [3.05, 3.63) is 71.4 Å². The van der Waals surface area contributed by atoms with Crippen molar-refractivity contribution in [2.75, 3.05) is 13.7 Å². The van der Waals surface area contributed by atoms with E-state index in [1.165, 1.54) is 13.2 Å². The fraction of sp³-hybridized carbons (Fsp3) is 0.304. The quantitative estimate of drug-likeness (QED) is 0.535. The van der Waals surface area contributed by atoms with E-state index in [-0.39, 0.29) is 18.0 Å². The van der Waals surface area contributed by atoms with Crippen LogP contribution >= 0.6 is 0 Å². The number of alkyl halides is 2. The van der Waals surface area contributed by atoms with Gasteiger partial charge < -0.3 is 14.3 Å². The van der Waals surface area contributed by atoms with Crippen molar-refractivity contribution in [2.24, 2.45) is 5.16 Å². The molecule has 1 saturated heterocycles. The van der Waals surface area contributed by atoms with Crippen molar-refractivity contribution < 1.29 is 22.9 Å². The lowest BCUT2D eigenvalue weighted by Gasteiger charge is -2.21. The first kappa shape index (κ1) is 21.6. The van der Waals surface area contributed by atoms with Crippen LogP contribution in [-0.4, -0.2) is 40.3 Å². The van der Waals surface area contributed by atoms with Crippen LogP contribution in [0.5, 0.6) is 0 Å². The Morgan fingerprint density at radius 1 is 1.22 bits per heavy atom. The molecule has 0 radical (unpaired) electrons. The zero-order valence-corrected chi connectivity index (χ0v) is 17.9. The Hall–Kier alpha value is -3.62. The molecule has 0 saturated carbocycles. The number of oxime groups is 1. The predicted octanol–water partition coefficient (Wildman–Crippen LogP) is 4.75. The molecule has 166 valence electrons. The van der Waals surface area contributed by atoms with E-state index >= 15 is 0 Å². The lowest BCUT2D eigenvalue weighted by Crippen LogP contribution is -2.31. The van der Waals surface area contributed by atoms with Gasteiger partial charge in [-0.1, -0.05) is 46.7 Å². The minimum Gasteiger partial charge on any atom is -0.399 e. The highest BCUT2D eigenvalue weighted by Crippen LogP contribution is 2.36. The van der Waals surface area contributed by atoms with Gasteiger partial charge in [-0.3, -0.25) is 4.79 Å². The molecule has 4 rings (SSSR count). The molecular formula is C23H22F2N4O3. The zero-order valence-electron chi connectivity index (χ0n) is 17.9. The molecule has 1 amide bonds. The van der Waals surface area contributed by atoms with Crippen LogP contribution in [0.25, 0.3) is 11.1 Å². The Bertz CT molecular complexity index is 1150.